The molecule has 0 fully saturated rings. The molecule has 2 rings (SSSR count). The highest BCUT2D eigenvalue weighted by Gasteiger charge is 2.22. The highest BCUT2D eigenvalue weighted by atomic mass is 35.5. The molecule has 4 amide bonds. The van der Waals surface area contributed by atoms with Crippen LogP contribution in [0.25, 0.3) is 0 Å². The van der Waals surface area contributed by atoms with Gasteiger partial charge < -0.3 is 20.9 Å². The molecule has 9 nitrogen and oxygen atoms in total. The van der Waals surface area contributed by atoms with Gasteiger partial charge in [-0.25, -0.2) is 27.1 Å². The molecular weight excluding hydrogens is 580 g/mol. The van der Waals surface area contributed by atoms with E-state index in [-0.39, 0.29) is 47.0 Å². The standard InChI is InChI=1S/C27H38Cl2FN5O4S/c1-18(2)15-23(34-26(36)33-22-10-8-21(30)9-11-22)17-35(27(37)32-19(3)4)14-6-5-13-31-40(38,39)25-12-7-20(28)16-24(25)29/h7-12,16,18-19,23,31H,5-6,13-15,17H2,1-4H3,(H,32,37)(H2,33,34,36)/t23-/m0/s1. The van der Waals surface area contributed by atoms with E-state index in [0.29, 0.717) is 36.5 Å². The topological polar surface area (TPSA) is 120 Å². The number of nitrogens with zero attached hydrogens (tertiary/aromatic N) is 1. The van der Waals surface area contributed by atoms with Crippen molar-refractivity contribution < 1.29 is 22.4 Å². The summed E-state index contributed by atoms with van der Waals surface area (Å²) in [6.45, 7) is 8.49. The second kappa shape index (κ2) is 16.0. The molecule has 0 bridgehead atoms. The van der Waals surface area contributed by atoms with Crippen molar-refractivity contribution in [3.05, 3.63) is 58.3 Å². The largest absolute Gasteiger partial charge is 0.336 e. The number of hydrogen-bond donors (Lipinski definition) is 4. The Labute approximate surface area is 246 Å². The zero-order valence-corrected chi connectivity index (χ0v) is 25.5. The Morgan fingerprint density at radius 1 is 0.975 bits per heavy atom. The number of amides is 4. The molecule has 0 radical (unpaired) electrons. The van der Waals surface area contributed by atoms with Crippen LogP contribution >= 0.6 is 23.2 Å². The predicted octanol–water partition coefficient (Wildman–Crippen LogP) is 5.85. The first kappa shape index (κ1) is 33.6. The molecule has 0 aliphatic heterocycles. The number of halogens is 3. The van der Waals surface area contributed by atoms with E-state index < -0.39 is 21.9 Å². The molecule has 0 aromatic heterocycles. The average Bonchev–Trinajstić information content (AvgIpc) is 2.83. The van der Waals surface area contributed by atoms with E-state index in [2.05, 4.69) is 20.7 Å². The molecule has 0 aliphatic rings. The Morgan fingerprint density at radius 3 is 2.25 bits per heavy atom. The average molecular weight is 619 g/mol. The van der Waals surface area contributed by atoms with E-state index in [4.69, 9.17) is 23.2 Å². The summed E-state index contributed by atoms with van der Waals surface area (Å²) < 4.78 is 40.9. The van der Waals surface area contributed by atoms with Gasteiger partial charge in [0, 0.05) is 42.4 Å². The second-order valence-electron chi connectivity index (χ2n) is 10.2. The predicted molar refractivity (Wildman–Crippen MR) is 158 cm³/mol. The number of urea groups is 2. The van der Waals surface area contributed by atoms with Crippen molar-refractivity contribution in [1.82, 2.24) is 20.3 Å². The van der Waals surface area contributed by atoms with Crippen LogP contribution in [0.4, 0.5) is 19.7 Å². The minimum Gasteiger partial charge on any atom is -0.336 e. The van der Waals surface area contributed by atoms with Crippen LogP contribution < -0.4 is 20.7 Å². The Balaban J connectivity index is 1.99. The SMILES string of the molecule is CC(C)C[C@@H](CN(CCCCNS(=O)(=O)c1ccc(Cl)cc1Cl)C(=O)NC(C)C)NC(=O)Nc1ccc(F)cc1. The Kier molecular flexibility index (Phi) is 13.4. The lowest BCUT2D eigenvalue weighted by molar-refractivity contribution is 0.183. The third-order valence-corrected chi connectivity index (χ3v) is 7.84. The van der Waals surface area contributed by atoms with Crippen molar-refractivity contribution in [3.63, 3.8) is 0 Å². The van der Waals surface area contributed by atoms with Crippen molar-refractivity contribution >= 4 is 51.0 Å². The van der Waals surface area contributed by atoms with Gasteiger partial charge in [0.25, 0.3) is 0 Å². The van der Waals surface area contributed by atoms with E-state index in [0.717, 1.165) is 0 Å². The molecule has 2 aromatic carbocycles. The highest BCUT2D eigenvalue weighted by molar-refractivity contribution is 7.89. The minimum absolute atomic E-state index is 0.0312. The summed E-state index contributed by atoms with van der Waals surface area (Å²) in [5.74, 6) is -0.169. The molecular formula is C27H38Cl2FN5O4S. The maximum atomic E-state index is 13.2. The minimum atomic E-state index is -3.82. The molecule has 13 heteroatoms. The Morgan fingerprint density at radius 2 is 1.65 bits per heavy atom. The van der Waals surface area contributed by atoms with E-state index in [9.17, 15) is 22.4 Å². The first-order chi connectivity index (χ1) is 18.8. The van der Waals surface area contributed by atoms with E-state index in [1.165, 1.54) is 42.5 Å². The first-order valence-electron chi connectivity index (χ1n) is 13.1. The van der Waals surface area contributed by atoms with Gasteiger partial charge in [-0.2, -0.15) is 0 Å². The molecule has 4 N–H and O–H groups in total. The van der Waals surface area contributed by atoms with Crippen LogP contribution in [0.5, 0.6) is 0 Å². The van der Waals surface area contributed by atoms with Gasteiger partial charge in [0.1, 0.15) is 10.7 Å². The molecule has 222 valence electrons. The van der Waals surface area contributed by atoms with Gasteiger partial charge in [0.15, 0.2) is 0 Å². The monoisotopic (exact) mass is 617 g/mol. The normalized spacial score (nSPS) is 12.3. The van der Waals surface area contributed by atoms with Crippen molar-refractivity contribution in [2.24, 2.45) is 5.92 Å². The van der Waals surface area contributed by atoms with Gasteiger partial charge in [0.05, 0.1) is 5.02 Å². The lowest BCUT2D eigenvalue weighted by Crippen LogP contribution is -2.51. The number of sulfonamides is 1. The highest BCUT2D eigenvalue weighted by Crippen LogP contribution is 2.24. The second-order valence-corrected chi connectivity index (χ2v) is 12.7. The fraction of sp³-hybridized carbons (Fsp3) is 0.481. The molecule has 1 atom stereocenters. The van der Waals surface area contributed by atoms with Crippen LogP contribution in [0.2, 0.25) is 10.0 Å². The number of carbonyl (C=O) groups excluding carboxylic acids is 2. The van der Waals surface area contributed by atoms with Crippen LogP contribution in [0.3, 0.4) is 0 Å². The molecule has 40 heavy (non-hydrogen) atoms. The summed E-state index contributed by atoms with van der Waals surface area (Å²) in [6.07, 6.45) is 1.59. The maximum Gasteiger partial charge on any atom is 0.319 e. The van der Waals surface area contributed by atoms with E-state index in [1.807, 2.05) is 27.7 Å². The third kappa shape index (κ3) is 11.9. The summed E-state index contributed by atoms with van der Waals surface area (Å²) >= 11 is 11.9. The Hall–Kier alpha value is -2.60. The molecule has 2 aromatic rings. The van der Waals surface area contributed by atoms with Crippen LogP contribution in [0.15, 0.2) is 47.4 Å². The number of anilines is 1. The number of carbonyl (C=O) groups is 2. The molecule has 0 aliphatic carbocycles. The van der Waals surface area contributed by atoms with E-state index >= 15 is 0 Å². The molecule has 0 spiro atoms. The van der Waals surface area contributed by atoms with Gasteiger partial charge >= 0.3 is 12.1 Å². The third-order valence-electron chi connectivity index (χ3n) is 5.66. The van der Waals surface area contributed by atoms with Crippen molar-refractivity contribution in [2.45, 2.75) is 63.9 Å². The smallest absolute Gasteiger partial charge is 0.319 e. The van der Waals surface area contributed by atoms with Crippen molar-refractivity contribution in [3.8, 4) is 0 Å². The maximum absolute atomic E-state index is 13.2. The van der Waals surface area contributed by atoms with Crippen molar-refractivity contribution in [2.75, 3.05) is 25.0 Å². The number of hydrogen-bond acceptors (Lipinski definition) is 4. The van der Waals surface area contributed by atoms with Crippen LogP contribution in [0.1, 0.15) is 47.0 Å². The molecule has 0 saturated heterocycles. The zero-order valence-electron chi connectivity index (χ0n) is 23.1. The van der Waals surface area contributed by atoms with Crippen LogP contribution in [-0.4, -0.2) is 57.1 Å². The van der Waals surface area contributed by atoms with Gasteiger partial charge in [0.2, 0.25) is 10.0 Å². The fourth-order valence-corrected chi connectivity index (χ4v) is 5.76. The number of nitrogens with one attached hydrogen (secondary N) is 4. The number of rotatable bonds is 14. The summed E-state index contributed by atoms with van der Waals surface area (Å²) in [5, 5.41) is 8.85. The summed E-state index contributed by atoms with van der Waals surface area (Å²) in [4.78, 5) is 27.2. The summed E-state index contributed by atoms with van der Waals surface area (Å²) in [5.41, 5.74) is 0.443. The lowest BCUT2D eigenvalue weighted by Gasteiger charge is -2.30. The number of unbranched alkanes of at least 4 members (excludes halogenated alkanes) is 1. The van der Waals surface area contributed by atoms with Gasteiger partial charge in [-0.3, -0.25) is 0 Å². The molecule has 0 saturated carbocycles. The molecule has 0 unspecified atom stereocenters. The van der Waals surface area contributed by atoms with Crippen LogP contribution in [-0.2, 0) is 10.0 Å². The quantitative estimate of drug-likeness (QED) is 0.199. The summed E-state index contributed by atoms with van der Waals surface area (Å²) in [7, 11) is -3.82. The Bertz CT molecular complexity index is 1230. The van der Waals surface area contributed by atoms with Crippen molar-refractivity contribution in [1.29, 1.82) is 0 Å². The van der Waals surface area contributed by atoms with Gasteiger partial charge in [-0.05, 0) is 81.5 Å². The first-order valence-corrected chi connectivity index (χ1v) is 15.3. The van der Waals surface area contributed by atoms with Crippen LogP contribution in [0, 0.1) is 11.7 Å². The lowest BCUT2D eigenvalue weighted by atomic mass is 10.0. The molecule has 0 heterocycles. The zero-order chi connectivity index (χ0) is 29.9. The van der Waals surface area contributed by atoms with E-state index in [1.54, 1.807) is 4.90 Å². The number of benzene rings is 2. The fourth-order valence-electron chi connectivity index (χ4n) is 3.92. The van der Waals surface area contributed by atoms with Gasteiger partial charge in [-0.15, -0.1) is 0 Å². The summed E-state index contributed by atoms with van der Waals surface area (Å²) in [6, 6.07) is 8.40. The van der Waals surface area contributed by atoms with Gasteiger partial charge in [-0.1, -0.05) is 37.0 Å².